The maximum absolute atomic E-state index is 12.5. The number of aromatic nitrogens is 1. The fourth-order valence-electron chi connectivity index (χ4n) is 2.63. The average molecular weight is 474 g/mol. The Balaban J connectivity index is 1.42. The molecule has 4 aromatic rings. The second-order valence-corrected chi connectivity index (χ2v) is 8.77. The number of rotatable bonds is 5. The highest BCUT2D eigenvalue weighted by molar-refractivity contribution is 7.14. The number of nitrogens with zero attached hydrogens (tertiary/aromatic N) is 1. The van der Waals surface area contributed by atoms with Crippen molar-refractivity contribution in [1.29, 1.82) is 0 Å². The van der Waals surface area contributed by atoms with Crippen LogP contribution in [0.15, 0.2) is 65.4 Å². The molecule has 2 amide bonds. The molecule has 0 aliphatic heterocycles. The zero-order chi connectivity index (χ0) is 21.1. The number of anilines is 2. The lowest BCUT2D eigenvalue weighted by Gasteiger charge is -2.06. The minimum atomic E-state index is -0.297. The summed E-state index contributed by atoms with van der Waals surface area (Å²) in [4.78, 5) is 29.7. The minimum Gasteiger partial charge on any atom is -0.321 e. The molecule has 0 aliphatic carbocycles. The van der Waals surface area contributed by atoms with Gasteiger partial charge in [0.15, 0.2) is 5.13 Å². The van der Waals surface area contributed by atoms with Crippen LogP contribution in [0.1, 0.15) is 20.0 Å². The van der Waals surface area contributed by atoms with E-state index in [0.717, 1.165) is 5.56 Å². The third-order valence-electron chi connectivity index (χ3n) is 4.08. The molecule has 9 heteroatoms. The minimum absolute atomic E-state index is 0.182. The van der Waals surface area contributed by atoms with Crippen LogP contribution in [-0.4, -0.2) is 16.8 Å². The molecule has 0 unspecified atom stereocenters. The smallest absolute Gasteiger partial charge is 0.265 e. The van der Waals surface area contributed by atoms with Gasteiger partial charge in [-0.2, -0.15) is 0 Å². The standard InChI is InChI=1S/C21H13Cl2N3O2S2/c22-13-5-8-15(16(23)10-13)17-11-30-21(25-17)26-19(27)12-3-6-14(7-4-12)24-20(28)18-2-1-9-29-18/h1-11H,(H,24,28)(H,25,26,27). The van der Waals surface area contributed by atoms with Crippen LogP contribution in [0.4, 0.5) is 10.8 Å². The van der Waals surface area contributed by atoms with Gasteiger partial charge in [-0.15, -0.1) is 22.7 Å². The molecule has 0 aliphatic rings. The second kappa shape index (κ2) is 8.97. The number of amides is 2. The van der Waals surface area contributed by atoms with E-state index in [1.807, 2.05) is 16.8 Å². The Kier molecular flexibility index (Phi) is 6.15. The maximum atomic E-state index is 12.5. The Hall–Kier alpha value is -2.71. The summed E-state index contributed by atoms with van der Waals surface area (Å²) in [5.41, 5.74) is 2.46. The van der Waals surface area contributed by atoms with Crippen molar-refractivity contribution in [3.05, 3.63) is 85.8 Å². The van der Waals surface area contributed by atoms with E-state index >= 15 is 0 Å². The lowest BCUT2D eigenvalue weighted by atomic mass is 10.2. The van der Waals surface area contributed by atoms with Crippen LogP contribution >= 0.6 is 45.9 Å². The van der Waals surface area contributed by atoms with Crippen molar-refractivity contribution in [3.63, 3.8) is 0 Å². The quantitative estimate of drug-likeness (QED) is 0.339. The molecule has 2 aromatic heterocycles. The van der Waals surface area contributed by atoms with Gasteiger partial charge in [0.05, 0.1) is 15.6 Å². The van der Waals surface area contributed by atoms with Gasteiger partial charge < -0.3 is 5.32 Å². The Labute approximate surface area is 190 Å². The van der Waals surface area contributed by atoms with Crippen molar-refractivity contribution in [2.45, 2.75) is 0 Å². The molecule has 0 saturated heterocycles. The number of hydrogen-bond acceptors (Lipinski definition) is 5. The number of nitrogens with one attached hydrogen (secondary N) is 2. The zero-order valence-corrected chi connectivity index (χ0v) is 18.3. The molecule has 2 aromatic carbocycles. The SMILES string of the molecule is O=C(Nc1nc(-c2ccc(Cl)cc2Cl)cs1)c1ccc(NC(=O)c2cccs2)cc1. The van der Waals surface area contributed by atoms with Crippen molar-refractivity contribution in [3.8, 4) is 11.3 Å². The van der Waals surface area contributed by atoms with E-state index in [1.54, 1.807) is 48.5 Å². The normalized spacial score (nSPS) is 10.6. The van der Waals surface area contributed by atoms with Gasteiger partial charge in [0.25, 0.3) is 11.8 Å². The van der Waals surface area contributed by atoms with Crippen LogP contribution in [-0.2, 0) is 0 Å². The van der Waals surface area contributed by atoms with Gasteiger partial charge in [0, 0.05) is 27.2 Å². The summed E-state index contributed by atoms with van der Waals surface area (Å²) < 4.78 is 0. The van der Waals surface area contributed by atoms with Crippen molar-refractivity contribution in [2.24, 2.45) is 0 Å². The zero-order valence-electron chi connectivity index (χ0n) is 15.2. The number of carbonyl (C=O) groups excluding carboxylic acids is 2. The summed E-state index contributed by atoms with van der Waals surface area (Å²) in [5.74, 6) is -0.479. The molecule has 0 radical (unpaired) electrons. The lowest BCUT2D eigenvalue weighted by Crippen LogP contribution is -2.13. The van der Waals surface area contributed by atoms with Gasteiger partial charge in [-0.05, 0) is 53.9 Å². The van der Waals surface area contributed by atoms with Crippen LogP contribution in [0.3, 0.4) is 0 Å². The van der Waals surface area contributed by atoms with Gasteiger partial charge in [-0.25, -0.2) is 4.98 Å². The summed E-state index contributed by atoms with van der Waals surface area (Å²) in [6.45, 7) is 0. The Bertz CT molecular complexity index is 1210. The molecule has 150 valence electrons. The molecule has 2 heterocycles. The predicted molar refractivity (Wildman–Crippen MR) is 124 cm³/mol. The van der Waals surface area contributed by atoms with Gasteiger partial charge in [-0.3, -0.25) is 14.9 Å². The van der Waals surface area contributed by atoms with Crippen LogP contribution in [0, 0.1) is 0 Å². The number of hydrogen-bond donors (Lipinski definition) is 2. The highest BCUT2D eigenvalue weighted by atomic mass is 35.5. The van der Waals surface area contributed by atoms with Gasteiger partial charge in [0.1, 0.15) is 0 Å². The topological polar surface area (TPSA) is 71.1 Å². The second-order valence-electron chi connectivity index (χ2n) is 6.12. The highest BCUT2D eigenvalue weighted by Crippen LogP contribution is 2.32. The van der Waals surface area contributed by atoms with Crippen molar-refractivity contribution >= 4 is 68.5 Å². The van der Waals surface area contributed by atoms with E-state index < -0.39 is 0 Å². The third-order valence-corrected chi connectivity index (χ3v) is 6.26. The fourth-order valence-corrected chi connectivity index (χ4v) is 4.46. The van der Waals surface area contributed by atoms with E-state index in [9.17, 15) is 9.59 Å². The maximum Gasteiger partial charge on any atom is 0.265 e. The van der Waals surface area contributed by atoms with Crippen molar-refractivity contribution < 1.29 is 9.59 Å². The largest absolute Gasteiger partial charge is 0.321 e. The summed E-state index contributed by atoms with van der Waals surface area (Å²) in [7, 11) is 0. The molecule has 0 bridgehead atoms. The Morgan fingerprint density at radius 2 is 1.70 bits per heavy atom. The number of halogens is 2. The van der Waals surface area contributed by atoms with E-state index in [0.29, 0.717) is 37.0 Å². The molecule has 0 atom stereocenters. The number of thiophene rings is 1. The highest BCUT2D eigenvalue weighted by Gasteiger charge is 2.13. The van der Waals surface area contributed by atoms with Gasteiger partial charge >= 0.3 is 0 Å². The molecular weight excluding hydrogens is 461 g/mol. The van der Waals surface area contributed by atoms with Crippen molar-refractivity contribution in [2.75, 3.05) is 10.6 Å². The Morgan fingerprint density at radius 1 is 0.900 bits per heavy atom. The molecule has 30 heavy (non-hydrogen) atoms. The molecule has 5 nitrogen and oxygen atoms in total. The molecular formula is C21H13Cl2N3O2S2. The summed E-state index contributed by atoms with van der Waals surface area (Å²) in [6.07, 6.45) is 0. The molecule has 0 fully saturated rings. The first-order valence-corrected chi connectivity index (χ1v) is 11.2. The monoisotopic (exact) mass is 473 g/mol. The molecule has 2 N–H and O–H groups in total. The number of carbonyl (C=O) groups is 2. The van der Waals surface area contributed by atoms with E-state index in [2.05, 4.69) is 15.6 Å². The first-order valence-electron chi connectivity index (χ1n) is 8.67. The van der Waals surface area contributed by atoms with Crippen LogP contribution < -0.4 is 10.6 Å². The Morgan fingerprint density at radius 3 is 2.40 bits per heavy atom. The van der Waals surface area contributed by atoms with Crippen LogP contribution in [0.25, 0.3) is 11.3 Å². The predicted octanol–water partition coefficient (Wildman–Crippen LogP) is 6.68. The van der Waals surface area contributed by atoms with Crippen LogP contribution in [0.2, 0.25) is 10.0 Å². The van der Waals surface area contributed by atoms with E-state index in [4.69, 9.17) is 23.2 Å². The van der Waals surface area contributed by atoms with Crippen LogP contribution in [0.5, 0.6) is 0 Å². The fraction of sp³-hybridized carbons (Fsp3) is 0. The molecule has 4 rings (SSSR count). The van der Waals surface area contributed by atoms with Gasteiger partial charge in [0.2, 0.25) is 0 Å². The third kappa shape index (κ3) is 4.71. The van der Waals surface area contributed by atoms with E-state index in [-0.39, 0.29) is 11.8 Å². The summed E-state index contributed by atoms with van der Waals surface area (Å²) in [6, 6.07) is 15.4. The average Bonchev–Trinajstić information content (AvgIpc) is 3.41. The van der Waals surface area contributed by atoms with E-state index in [1.165, 1.54) is 22.7 Å². The molecule has 0 saturated carbocycles. The summed E-state index contributed by atoms with van der Waals surface area (Å²) in [5, 5.41) is 10.7. The lowest BCUT2D eigenvalue weighted by molar-refractivity contribution is 0.102. The number of benzene rings is 2. The first-order chi connectivity index (χ1) is 14.5. The van der Waals surface area contributed by atoms with Crippen molar-refractivity contribution in [1.82, 2.24) is 4.98 Å². The first kappa shape index (κ1) is 20.6. The number of thiazole rings is 1. The summed E-state index contributed by atoms with van der Waals surface area (Å²) >= 11 is 14.8. The molecule has 0 spiro atoms. The van der Waals surface area contributed by atoms with Gasteiger partial charge in [-0.1, -0.05) is 29.3 Å².